The van der Waals surface area contributed by atoms with Gasteiger partial charge in [-0.05, 0) is 61.0 Å². The lowest BCUT2D eigenvalue weighted by molar-refractivity contribution is -0.123. The molecule has 2 aromatic rings. The summed E-state index contributed by atoms with van der Waals surface area (Å²) in [5.41, 5.74) is 1.29. The highest BCUT2D eigenvalue weighted by Gasteiger charge is 2.35. The van der Waals surface area contributed by atoms with Crippen LogP contribution in [0.2, 0.25) is 10.0 Å². The van der Waals surface area contributed by atoms with Crippen LogP contribution in [0.25, 0.3) is 6.08 Å². The van der Waals surface area contributed by atoms with E-state index in [0.717, 1.165) is 35.1 Å². The van der Waals surface area contributed by atoms with Gasteiger partial charge in [0.15, 0.2) is 11.5 Å². The van der Waals surface area contributed by atoms with Crippen molar-refractivity contribution >= 4 is 52.2 Å². The molecule has 0 aromatic heterocycles. The Balaban J connectivity index is 1.81. The van der Waals surface area contributed by atoms with Crippen LogP contribution in [0, 0.1) is 0 Å². The standard InChI is InChI=1S/C23H23Cl2NO4S/c1-3-5-11-30-19-10-9-15(12-20(19)29-4-2)13-21-22(27)26(23(28)31-21)14-16-17(24)7-6-8-18(16)25/h6-10,12-13H,3-5,11,14H2,1-2H3/b21-13-. The van der Waals surface area contributed by atoms with E-state index in [1.807, 2.05) is 25.1 Å². The van der Waals surface area contributed by atoms with Crippen LogP contribution in [0.5, 0.6) is 11.5 Å². The number of amides is 2. The first-order valence-electron chi connectivity index (χ1n) is 10.0. The summed E-state index contributed by atoms with van der Waals surface area (Å²) in [5.74, 6) is 0.885. The molecule has 1 heterocycles. The number of carbonyl (C=O) groups is 2. The zero-order valence-corrected chi connectivity index (χ0v) is 19.6. The van der Waals surface area contributed by atoms with E-state index in [9.17, 15) is 9.59 Å². The summed E-state index contributed by atoms with van der Waals surface area (Å²) < 4.78 is 11.5. The van der Waals surface area contributed by atoms with Crippen molar-refractivity contribution in [3.8, 4) is 11.5 Å². The number of hydrogen-bond acceptors (Lipinski definition) is 5. The van der Waals surface area contributed by atoms with E-state index in [2.05, 4.69) is 6.92 Å². The summed E-state index contributed by atoms with van der Waals surface area (Å²) in [6, 6.07) is 10.5. The van der Waals surface area contributed by atoms with Crippen LogP contribution in [0.4, 0.5) is 4.79 Å². The molecular weight excluding hydrogens is 457 g/mol. The number of imide groups is 1. The second-order valence-electron chi connectivity index (χ2n) is 6.81. The van der Waals surface area contributed by atoms with E-state index >= 15 is 0 Å². The number of nitrogens with zero attached hydrogens (tertiary/aromatic N) is 1. The van der Waals surface area contributed by atoms with Crippen LogP contribution in [-0.4, -0.2) is 29.3 Å². The molecule has 3 rings (SSSR count). The highest BCUT2D eigenvalue weighted by atomic mass is 35.5. The average molecular weight is 480 g/mol. The third kappa shape index (κ3) is 5.76. The Hall–Kier alpha value is -2.15. The maximum atomic E-state index is 12.9. The smallest absolute Gasteiger partial charge is 0.293 e. The summed E-state index contributed by atoms with van der Waals surface area (Å²) >= 11 is 13.3. The van der Waals surface area contributed by atoms with Crippen molar-refractivity contribution in [3.63, 3.8) is 0 Å². The average Bonchev–Trinajstić information content (AvgIpc) is 2.99. The Bertz CT molecular complexity index is 989. The van der Waals surface area contributed by atoms with Gasteiger partial charge in [-0.1, -0.05) is 48.7 Å². The Morgan fingerprint density at radius 1 is 1.03 bits per heavy atom. The Morgan fingerprint density at radius 3 is 2.45 bits per heavy atom. The lowest BCUT2D eigenvalue weighted by Gasteiger charge is -2.14. The molecule has 0 N–H and O–H groups in total. The normalized spacial score (nSPS) is 15.1. The van der Waals surface area contributed by atoms with Crippen LogP contribution >= 0.6 is 35.0 Å². The quantitative estimate of drug-likeness (QED) is 0.292. The van der Waals surface area contributed by atoms with E-state index in [1.54, 1.807) is 24.3 Å². The van der Waals surface area contributed by atoms with Gasteiger partial charge < -0.3 is 9.47 Å². The number of carbonyl (C=O) groups excluding carboxylic acids is 2. The first kappa shape index (κ1) is 23.5. The van der Waals surface area contributed by atoms with Gasteiger partial charge in [-0.25, -0.2) is 0 Å². The molecule has 0 saturated carbocycles. The summed E-state index contributed by atoms with van der Waals surface area (Å²) in [5, 5.41) is 0.461. The molecule has 1 aliphatic heterocycles. The van der Waals surface area contributed by atoms with Crippen molar-refractivity contribution in [2.45, 2.75) is 33.2 Å². The fraction of sp³-hybridized carbons (Fsp3) is 0.304. The minimum absolute atomic E-state index is 0.0227. The second-order valence-corrected chi connectivity index (χ2v) is 8.62. The van der Waals surface area contributed by atoms with Gasteiger partial charge in [0.05, 0.1) is 24.7 Å². The summed E-state index contributed by atoms with van der Waals surface area (Å²) in [6.07, 6.45) is 3.67. The second kappa shape index (κ2) is 10.9. The van der Waals surface area contributed by atoms with Crippen LogP contribution in [0.3, 0.4) is 0 Å². The predicted molar refractivity (Wildman–Crippen MR) is 126 cm³/mol. The minimum atomic E-state index is -0.382. The van der Waals surface area contributed by atoms with Gasteiger partial charge in [-0.15, -0.1) is 0 Å². The molecule has 0 bridgehead atoms. The van der Waals surface area contributed by atoms with Crippen molar-refractivity contribution in [2.24, 2.45) is 0 Å². The number of ether oxygens (including phenoxy) is 2. The number of thioether (sulfide) groups is 1. The molecule has 0 atom stereocenters. The van der Waals surface area contributed by atoms with E-state index in [1.165, 1.54) is 0 Å². The maximum Gasteiger partial charge on any atom is 0.293 e. The SMILES string of the molecule is CCCCOc1ccc(/C=C2\SC(=O)N(Cc3c(Cl)cccc3Cl)C2=O)cc1OCC. The van der Waals surface area contributed by atoms with Gasteiger partial charge in [0.1, 0.15) is 0 Å². The highest BCUT2D eigenvalue weighted by molar-refractivity contribution is 8.18. The number of rotatable bonds is 9. The minimum Gasteiger partial charge on any atom is -0.490 e. The number of hydrogen-bond donors (Lipinski definition) is 0. The van der Waals surface area contributed by atoms with Crippen molar-refractivity contribution < 1.29 is 19.1 Å². The number of unbranched alkanes of at least 4 members (excludes halogenated alkanes) is 1. The fourth-order valence-corrected chi connectivity index (χ4v) is 4.31. The molecule has 8 heteroatoms. The van der Waals surface area contributed by atoms with E-state index in [-0.39, 0.29) is 17.7 Å². The Labute approximate surface area is 196 Å². The molecule has 0 spiro atoms. The molecular formula is C23H23Cl2NO4S. The van der Waals surface area contributed by atoms with Gasteiger partial charge in [0, 0.05) is 15.6 Å². The van der Waals surface area contributed by atoms with Crippen molar-refractivity contribution in [3.05, 3.63) is 62.5 Å². The molecule has 0 radical (unpaired) electrons. The van der Waals surface area contributed by atoms with Gasteiger partial charge in [0.2, 0.25) is 0 Å². The summed E-state index contributed by atoms with van der Waals surface area (Å²) in [4.78, 5) is 26.8. The van der Waals surface area contributed by atoms with Crippen LogP contribution in [-0.2, 0) is 11.3 Å². The molecule has 0 aliphatic carbocycles. The molecule has 164 valence electrons. The lowest BCUT2D eigenvalue weighted by Crippen LogP contribution is -2.27. The zero-order valence-electron chi connectivity index (χ0n) is 17.3. The third-order valence-electron chi connectivity index (χ3n) is 4.57. The largest absolute Gasteiger partial charge is 0.490 e. The Kier molecular flexibility index (Phi) is 8.29. The van der Waals surface area contributed by atoms with Crippen molar-refractivity contribution in [1.82, 2.24) is 4.90 Å². The first-order chi connectivity index (χ1) is 14.9. The molecule has 1 saturated heterocycles. The predicted octanol–water partition coefficient (Wildman–Crippen LogP) is 6.81. The topological polar surface area (TPSA) is 55.8 Å². The van der Waals surface area contributed by atoms with Crippen LogP contribution in [0.1, 0.15) is 37.8 Å². The highest BCUT2D eigenvalue weighted by Crippen LogP contribution is 2.37. The fourth-order valence-electron chi connectivity index (χ4n) is 2.96. The number of halogens is 2. The summed E-state index contributed by atoms with van der Waals surface area (Å²) in [6.45, 7) is 5.12. The number of benzene rings is 2. The van der Waals surface area contributed by atoms with Gasteiger partial charge in [0.25, 0.3) is 11.1 Å². The Morgan fingerprint density at radius 2 is 1.77 bits per heavy atom. The molecule has 31 heavy (non-hydrogen) atoms. The van der Waals surface area contributed by atoms with E-state index < -0.39 is 0 Å². The lowest BCUT2D eigenvalue weighted by atomic mass is 10.1. The van der Waals surface area contributed by atoms with E-state index in [0.29, 0.717) is 45.2 Å². The molecule has 1 fully saturated rings. The van der Waals surface area contributed by atoms with Gasteiger partial charge in [-0.2, -0.15) is 0 Å². The molecule has 5 nitrogen and oxygen atoms in total. The monoisotopic (exact) mass is 479 g/mol. The molecule has 2 amide bonds. The van der Waals surface area contributed by atoms with Crippen LogP contribution < -0.4 is 9.47 Å². The van der Waals surface area contributed by atoms with Gasteiger partial charge >= 0.3 is 0 Å². The molecule has 2 aromatic carbocycles. The van der Waals surface area contributed by atoms with Gasteiger partial charge in [-0.3, -0.25) is 14.5 Å². The van der Waals surface area contributed by atoms with Crippen LogP contribution in [0.15, 0.2) is 41.3 Å². The molecule has 1 aliphatic rings. The summed E-state index contributed by atoms with van der Waals surface area (Å²) in [7, 11) is 0. The van der Waals surface area contributed by atoms with Crippen molar-refractivity contribution in [1.29, 1.82) is 0 Å². The molecule has 0 unspecified atom stereocenters. The van der Waals surface area contributed by atoms with Crippen molar-refractivity contribution in [2.75, 3.05) is 13.2 Å². The first-order valence-corrected chi connectivity index (χ1v) is 11.6. The van der Waals surface area contributed by atoms with E-state index in [4.69, 9.17) is 32.7 Å². The maximum absolute atomic E-state index is 12.9. The zero-order chi connectivity index (χ0) is 22.4. The third-order valence-corrected chi connectivity index (χ3v) is 6.19.